The summed E-state index contributed by atoms with van der Waals surface area (Å²) in [7, 11) is -1.51. The third-order valence-corrected chi connectivity index (χ3v) is 7.00. The number of nitrogens with one attached hydrogen (secondary N) is 2. The van der Waals surface area contributed by atoms with E-state index in [9.17, 15) is 13.2 Å². The molecule has 0 spiro atoms. The van der Waals surface area contributed by atoms with E-state index in [0.29, 0.717) is 30.4 Å². The molecule has 0 fully saturated rings. The van der Waals surface area contributed by atoms with Gasteiger partial charge in [-0.1, -0.05) is 12.1 Å². The molecular weight excluding hydrogens is 535 g/mol. The van der Waals surface area contributed by atoms with Gasteiger partial charge in [-0.25, -0.2) is 8.42 Å². The summed E-state index contributed by atoms with van der Waals surface area (Å²) >= 11 is 1.76. The summed E-state index contributed by atoms with van der Waals surface area (Å²) in [6.45, 7) is 2.24. The Morgan fingerprint density at radius 3 is 2.60 bits per heavy atom. The standard InChI is InChI=1S/C20H26N4O3S2.HI/c1-21-20(22-10-7-15-3-5-17(6-4-15)29(2,26)27)23-13-19(25)24-11-8-18-16(14-24)9-12-28-18;/h3-6,9,12H,7-8,10-11,13-14H2,1-2H3,(H2,21,22,23);1H. The van der Waals surface area contributed by atoms with Crippen molar-refractivity contribution in [2.75, 3.05) is 32.9 Å². The minimum absolute atomic E-state index is 0. The maximum atomic E-state index is 12.5. The second-order valence-electron chi connectivity index (χ2n) is 6.95. The maximum absolute atomic E-state index is 12.5. The van der Waals surface area contributed by atoms with Crippen molar-refractivity contribution >= 4 is 57.0 Å². The van der Waals surface area contributed by atoms with Gasteiger partial charge in [0.25, 0.3) is 0 Å². The largest absolute Gasteiger partial charge is 0.356 e. The van der Waals surface area contributed by atoms with Gasteiger partial charge >= 0.3 is 0 Å². The lowest BCUT2D eigenvalue weighted by Gasteiger charge is -2.27. The Hall–Kier alpha value is -1.66. The van der Waals surface area contributed by atoms with Gasteiger partial charge in [-0.05, 0) is 47.5 Å². The van der Waals surface area contributed by atoms with Crippen molar-refractivity contribution in [1.29, 1.82) is 0 Å². The molecule has 1 aliphatic heterocycles. The van der Waals surface area contributed by atoms with Crippen LogP contribution in [0.25, 0.3) is 0 Å². The zero-order valence-corrected chi connectivity index (χ0v) is 21.0. The summed E-state index contributed by atoms with van der Waals surface area (Å²) in [5, 5.41) is 8.34. The van der Waals surface area contributed by atoms with E-state index in [-0.39, 0.29) is 36.4 Å². The molecule has 30 heavy (non-hydrogen) atoms. The Bertz CT molecular complexity index is 988. The quantitative estimate of drug-likeness (QED) is 0.320. The molecular formula is C20H27IN4O3S2. The minimum Gasteiger partial charge on any atom is -0.356 e. The summed E-state index contributed by atoms with van der Waals surface area (Å²) in [5.74, 6) is 0.625. The number of sulfone groups is 1. The zero-order valence-electron chi connectivity index (χ0n) is 17.1. The molecule has 2 N–H and O–H groups in total. The topological polar surface area (TPSA) is 90.9 Å². The highest BCUT2D eigenvalue weighted by atomic mass is 127. The molecule has 1 aliphatic rings. The molecule has 2 heterocycles. The summed E-state index contributed by atoms with van der Waals surface area (Å²) in [6.07, 6.45) is 2.83. The van der Waals surface area contributed by atoms with Gasteiger partial charge in [0.2, 0.25) is 5.91 Å². The number of nitrogens with zero attached hydrogens (tertiary/aromatic N) is 2. The molecule has 3 rings (SSSR count). The number of carbonyl (C=O) groups excluding carboxylic acids is 1. The van der Waals surface area contributed by atoms with Crippen molar-refractivity contribution in [3.8, 4) is 0 Å². The molecule has 7 nitrogen and oxygen atoms in total. The molecule has 164 valence electrons. The average Bonchev–Trinajstić information content (AvgIpc) is 3.17. The maximum Gasteiger partial charge on any atom is 0.242 e. The van der Waals surface area contributed by atoms with E-state index >= 15 is 0 Å². The smallest absolute Gasteiger partial charge is 0.242 e. The lowest BCUT2D eigenvalue weighted by Crippen LogP contribution is -2.46. The van der Waals surface area contributed by atoms with E-state index in [1.54, 1.807) is 30.5 Å². The molecule has 1 aromatic heterocycles. The fraction of sp³-hybridized carbons (Fsp3) is 0.400. The third-order valence-electron chi connectivity index (χ3n) is 4.85. The third kappa shape index (κ3) is 6.67. The van der Waals surface area contributed by atoms with Crippen LogP contribution in [0, 0.1) is 0 Å². The van der Waals surface area contributed by atoms with Crippen molar-refractivity contribution in [2.45, 2.75) is 24.3 Å². The highest BCUT2D eigenvalue weighted by molar-refractivity contribution is 14.0. The lowest BCUT2D eigenvalue weighted by atomic mass is 10.1. The first-order chi connectivity index (χ1) is 13.9. The van der Waals surface area contributed by atoms with E-state index in [0.717, 1.165) is 18.5 Å². The fourth-order valence-electron chi connectivity index (χ4n) is 3.18. The zero-order chi connectivity index (χ0) is 20.9. The highest BCUT2D eigenvalue weighted by Gasteiger charge is 2.21. The van der Waals surface area contributed by atoms with Crippen molar-refractivity contribution in [1.82, 2.24) is 15.5 Å². The number of thiophene rings is 1. The monoisotopic (exact) mass is 562 g/mol. The molecule has 10 heteroatoms. The first-order valence-electron chi connectivity index (χ1n) is 9.43. The van der Waals surface area contributed by atoms with Crippen LogP contribution in [0.3, 0.4) is 0 Å². The van der Waals surface area contributed by atoms with Crippen molar-refractivity contribution < 1.29 is 13.2 Å². The molecule has 0 saturated heterocycles. The van der Waals surface area contributed by atoms with E-state index in [4.69, 9.17) is 0 Å². The second-order valence-corrected chi connectivity index (χ2v) is 9.97. The number of hydrogen-bond donors (Lipinski definition) is 2. The average molecular weight is 562 g/mol. The Balaban J connectivity index is 0.00000320. The van der Waals surface area contributed by atoms with E-state index in [1.807, 2.05) is 17.0 Å². The van der Waals surface area contributed by atoms with Crippen LogP contribution in [-0.4, -0.2) is 58.1 Å². The molecule has 0 saturated carbocycles. The first kappa shape index (κ1) is 24.6. The van der Waals surface area contributed by atoms with Gasteiger partial charge in [0.1, 0.15) is 0 Å². The molecule has 0 bridgehead atoms. The summed E-state index contributed by atoms with van der Waals surface area (Å²) in [6, 6.07) is 8.96. The molecule has 2 aromatic rings. The molecule has 1 amide bonds. The number of amides is 1. The molecule has 1 aromatic carbocycles. The van der Waals surface area contributed by atoms with E-state index in [2.05, 4.69) is 27.1 Å². The Labute approximate surface area is 198 Å². The number of fused-ring (bicyclic) bond motifs is 1. The van der Waals surface area contributed by atoms with E-state index in [1.165, 1.54) is 16.7 Å². The van der Waals surface area contributed by atoms with Gasteiger partial charge < -0.3 is 15.5 Å². The highest BCUT2D eigenvalue weighted by Crippen LogP contribution is 2.23. The first-order valence-corrected chi connectivity index (χ1v) is 12.2. The van der Waals surface area contributed by atoms with Crippen LogP contribution in [0.5, 0.6) is 0 Å². The van der Waals surface area contributed by atoms with Crippen LogP contribution in [0.15, 0.2) is 45.6 Å². The second kappa shape index (κ2) is 11.1. The molecule has 0 aliphatic carbocycles. The summed E-state index contributed by atoms with van der Waals surface area (Å²) < 4.78 is 23.0. The van der Waals surface area contributed by atoms with Crippen LogP contribution >= 0.6 is 35.3 Å². The number of guanidine groups is 1. The van der Waals surface area contributed by atoms with Crippen LogP contribution in [0.4, 0.5) is 0 Å². The van der Waals surface area contributed by atoms with Gasteiger partial charge in [-0.3, -0.25) is 9.79 Å². The fourth-order valence-corrected chi connectivity index (χ4v) is 4.70. The van der Waals surface area contributed by atoms with Crippen LogP contribution in [0.2, 0.25) is 0 Å². The number of carbonyl (C=O) groups is 1. The van der Waals surface area contributed by atoms with Crippen LogP contribution in [0.1, 0.15) is 16.0 Å². The van der Waals surface area contributed by atoms with Gasteiger partial charge in [-0.15, -0.1) is 35.3 Å². The predicted molar refractivity (Wildman–Crippen MR) is 131 cm³/mol. The normalized spacial score (nSPS) is 13.9. The number of rotatable bonds is 6. The lowest BCUT2D eigenvalue weighted by molar-refractivity contribution is -0.130. The summed E-state index contributed by atoms with van der Waals surface area (Å²) in [5.41, 5.74) is 2.27. The number of aliphatic imine (C=N–C) groups is 1. The number of hydrogen-bond acceptors (Lipinski definition) is 5. The summed E-state index contributed by atoms with van der Waals surface area (Å²) in [4.78, 5) is 20.2. The van der Waals surface area contributed by atoms with Crippen molar-refractivity contribution in [2.24, 2.45) is 4.99 Å². The van der Waals surface area contributed by atoms with Gasteiger partial charge in [0.05, 0.1) is 11.4 Å². The van der Waals surface area contributed by atoms with Crippen LogP contribution in [-0.2, 0) is 34.0 Å². The van der Waals surface area contributed by atoms with Crippen molar-refractivity contribution in [3.05, 3.63) is 51.7 Å². The molecule has 0 radical (unpaired) electrons. The SMILES string of the molecule is CN=C(NCCc1ccc(S(C)(=O)=O)cc1)NCC(=O)N1CCc2sccc2C1.I. The Kier molecular flexibility index (Phi) is 9.10. The molecule has 0 atom stereocenters. The van der Waals surface area contributed by atoms with Gasteiger partial charge in [0.15, 0.2) is 15.8 Å². The Morgan fingerprint density at radius 1 is 1.20 bits per heavy atom. The number of benzene rings is 1. The van der Waals surface area contributed by atoms with Crippen molar-refractivity contribution in [3.63, 3.8) is 0 Å². The van der Waals surface area contributed by atoms with Crippen LogP contribution < -0.4 is 10.6 Å². The van der Waals surface area contributed by atoms with E-state index < -0.39 is 9.84 Å². The number of halogens is 1. The predicted octanol–water partition coefficient (Wildman–Crippen LogP) is 2.06. The molecule has 0 unspecified atom stereocenters. The minimum atomic E-state index is -3.18. The van der Waals surface area contributed by atoms with Gasteiger partial charge in [0, 0.05) is 37.8 Å². The van der Waals surface area contributed by atoms with Gasteiger partial charge in [-0.2, -0.15) is 0 Å². The Morgan fingerprint density at radius 2 is 1.93 bits per heavy atom.